The van der Waals surface area contributed by atoms with Crippen molar-refractivity contribution >= 4 is 66.1 Å². The molecule has 2 aliphatic heterocycles. The Kier molecular flexibility index (Phi) is 12.7. The summed E-state index contributed by atoms with van der Waals surface area (Å²) < 4.78 is 53.2. The van der Waals surface area contributed by atoms with E-state index in [0.717, 1.165) is 75.8 Å². The summed E-state index contributed by atoms with van der Waals surface area (Å²) in [5.74, 6) is -1.15. The van der Waals surface area contributed by atoms with E-state index in [0.29, 0.717) is 51.4 Å². The number of nitriles is 2. The number of piperazine rings is 2. The van der Waals surface area contributed by atoms with Crippen LogP contribution in [0.15, 0.2) is 46.2 Å². The zero-order valence-electron chi connectivity index (χ0n) is 36.2. The fourth-order valence-corrected chi connectivity index (χ4v) is 14.9. The molecule has 64 heavy (non-hydrogen) atoms. The van der Waals surface area contributed by atoms with Crippen LogP contribution in [-0.2, 0) is 29.3 Å². The first-order chi connectivity index (χ1) is 30.6. The minimum Gasteiger partial charge on any atom is -0.369 e. The molecule has 6 aliphatic carbocycles. The summed E-state index contributed by atoms with van der Waals surface area (Å²) in [6, 6.07) is 16.3. The van der Waals surface area contributed by atoms with Gasteiger partial charge in [0.15, 0.2) is 19.7 Å². The van der Waals surface area contributed by atoms with Gasteiger partial charge >= 0.3 is 0 Å². The lowest BCUT2D eigenvalue weighted by Gasteiger charge is -2.36. The van der Waals surface area contributed by atoms with Gasteiger partial charge in [0.1, 0.15) is 11.1 Å². The lowest BCUT2D eigenvalue weighted by atomic mass is 10.1. The van der Waals surface area contributed by atoms with Gasteiger partial charge < -0.3 is 20.4 Å². The number of benzene rings is 2. The molecule has 0 bridgehead atoms. The quantitative estimate of drug-likeness (QED) is 0.274. The minimum absolute atomic E-state index is 0.154. The Balaban J connectivity index is 0.000000162. The third-order valence-electron chi connectivity index (χ3n) is 15.0. The number of sulfone groups is 2. The fourth-order valence-electron chi connectivity index (χ4n) is 10.1. The first-order valence-corrected chi connectivity index (χ1v) is 27.0. The summed E-state index contributed by atoms with van der Waals surface area (Å²) in [6.45, 7) is 7.79. The van der Waals surface area contributed by atoms with E-state index in [9.17, 15) is 36.9 Å². The van der Waals surface area contributed by atoms with E-state index >= 15 is 0 Å². The van der Waals surface area contributed by atoms with Gasteiger partial charge in [-0.1, -0.05) is 23.2 Å². The van der Waals surface area contributed by atoms with Crippen molar-refractivity contribution in [1.29, 1.82) is 10.5 Å². The van der Waals surface area contributed by atoms with Gasteiger partial charge in [0.05, 0.1) is 42.5 Å². The SMILES string of the molecule is N#CC1(NC(=O)[C@@H]2CC[C@@H](S(=O)(=O)c3ccc(N4CCN(C5CC5)CC4)cc3Cl)C2)CC1.N#CC1(NC(=O)[C@H]2CC[C@H](S(=O)(=O)c3ccc(N4CCN(C5CC5)CC4)cc3Cl)C2)CC1. The number of carbonyl (C=O) groups is 2. The lowest BCUT2D eigenvalue weighted by molar-refractivity contribution is -0.126. The molecule has 8 fully saturated rings. The van der Waals surface area contributed by atoms with Gasteiger partial charge in [0.25, 0.3) is 0 Å². The number of rotatable bonds is 12. The number of halogens is 2. The molecule has 2 amide bonds. The molecule has 2 aromatic rings. The van der Waals surface area contributed by atoms with Gasteiger partial charge in [0, 0.05) is 87.7 Å². The summed E-state index contributed by atoms with van der Waals surface area (Å²) in [6.07, 6.45) is 10.3. The molecule has 344 valence electrons. The second-order valence-corrected chi connectivity index (χ2v) is 24.7. The highest BCUT2D eigenvalue weighted by atomic mass is 35.5. The Morgan fingerprint density at radius 1 is 0.562 bits per heavy atom. The topological polar surface area (TPSA) is 187 Å². The van der Waals surface area contributed by atoms with Gasteiger partial charge in [-0.15, -0.1) is 0 Å². The number of anilines is 2. The highest BCUT2D eigenvalue weighted by molar-refractivity contribution is 7.92. The van der Waals surface area contributed by atoms with Crippen LogP contribution in [-0.4, -0.2) is 124 Å². The average Bonchev–Trinajstić information content (AvgIpc) is 4.13. The van der Waals surface area contributed by atoms with Crippen LogP contribution in [0, 0.1) is 34.5 Å². The van der Waals surface area contributed by atoms with E-state index in [1.54, 1.807) is 24.3 Å². The lowest BCUT2D eigenvalue weighted by Crippen LogP contribution is -2.47. The van der Waals surface area contributed by atoms with Crippen molar-refractivity contribution < 1.29 is 26.4 Å². The number of nitrogens with one attached hydrogen (secondary N) is 2. The molecule has 4 atom stereocenters. The van der Waals surface area contributed by atoms with Gasteiger partial charge in [-0.25, -0.2) is 16.8 Å². The number of amides is 2. The van der Waals surface area contributed by atoms with Crippen LogP contribution >= 0.6 is 23.2 Å². The van der Waals surface area contributed by atoms with Crippen LogP contribution in [0.4, 0.5) is 11.4 Å². The molecule has 18 heteroatoms. The van der Waals surface area contributed by atoms with E-state index in [-0.39, 0.29) is 56.3 Å². The average molecular weight is 954 g/mol. The predicted molar refractivity (Wildman–Crippen MR) is 245 cm³/mol. The maximum Gasteiger partial charge on any atom is 0.224 e. The molecule has 0 radical (unpaired) electrons. The third-order valence-corrected chi connectivity index (χ3v) is 20.4. The minimum atomic E-state index is -3.63. The van der Waals surface area contributed by atoms with Crippen LogP contribution < -0.4 is 20.4 Å². The number of hydrogen-bond acceptors (Lipinski definition) is 12. The molecule has 10 rings (SSSR count). The van der Waals surface area contributed by atoms with Gasteiger partial charge in [-0.2, -0.15) is 10.5 Å². The highest BCUT2D eigenvalue weighted by Gasteiger charge is 2.49. The highest BCUT2D eigenvalue weighted by Crippen LogP contribution is 2.42. The summed E-state index contributed by atoms with van der Waals surface area (Å²) in [4.78, 5) is 35.0. The normalized spacial score (nSPS) is 27.7. The van der Waals surface area contributed by atoms with Crippen LogP contribution in [0.3, 0.4) is 0 Å². The summed E-state index contributed by atoms with van der Waals surface area (Å²) in [7, 11) is -7.26. The Morgan fingerprint density at radius 3 is 1.22 bits per heavy atom. The van der Waals surface area contributed by atoms with Crippen LogP contribution in [0.5, 0.6) is 0 Å². The summed E-state index contributed by atoms with van der Waals surface area (Å²) in [5, 5.41) is 23.2. The number of hydrogen-bond donors (Lipinski definition) is 2. The van der Waals surface area contributed by atoms with Crippen molar-refractivity contribution in [3.8, 4) is 12.1 Å². The van der Waals surface area contributed by atoms with E-state index in [4.69, 9.17) is 23.2 Å². The molecule has 2 heterocycles. The van der Waals surface area contributed by atoms with Gasteiger partial charge in [-0.3, -0.25) is 19.4 Å². The Labute approximate surface area is 387 Å². The van der Waals surface area contributed by atoms with Crippen molar-refractivity contribution in [2.75, 3.05) is 62.2 Å². The third kappa shape index (κ3) is 9.75. The van der Waals surface area contributed by atoms with Gasteiger partial charge in [-0.05, 0) is 126 Å². The molecule has 0 aromatic heterocycles. The fraction of sp³-hybridized carbons (Fsp3) is 0.652. The second-order valence-electron chi connectivity index (χ2n) is 19.5. The van der Waals surface area contributed by atoms with Crippen molar-refractivity contribution in [2.45, 2.75) is 133 Å². The Bertz CT molecular complexity index is 2280. The van der Waals surface area contributed by atoms with Crippen LogP contribution in [0.25, 0.3) is 0 Å². The van der Waals surface area contributed by atoms with E-state index in [2.05, 4.69) is 42.4 Å². The maximum atomic E-state index is 13.3. The van der Waals surface area contributed by atoms with E-state index < -0.39 is 41.3 Å². The number of nitrogens with zero attached hydrogens (tertiary/aromatic N) is 6. The molecule has 14 nitrogen and oxygen atoms in total. The molecule has 2 N–H and O–H groups in total. The van der Waals surface area contributed by atoms with Crippen molar-refractivity contribution in [2.24, 2.45) is 11.8 Å². The molecule has 0 spiro atoms. The second kappa shape index (κ2) is 17.9. The molecule has 2 aromatic carbocycles. The largest absolute Gasteiger partial charge is 0.369 e. The maximum absolute atomic E-state index is 13.3. The summed E-state index contributed by atoms with van der Waals surface area (Å²) >= 11 is 13.0. The van der Waals surface area contributed by atoms with Crippen LogP contribution in [0.1, 0.15) is 89.9 Å². The monoisotopic (exact) mass is 952 g/mol. The van der Waals surface area contributed by atoms with Crippen molar-refractivity contribution in [1.82, 2.24) is 20.4 Å². The molecule has 8 aliphatic rings. The van der Waals surface area contributed by atoms with Crippen molar-refractivity contribution in [3.05, 3.63) is 46.4 Å². The first kappa shape index (κ1) is 45.5. The molecule has 2 saturated heterocycles. The summed E-state index contributed by atoms with van der Waals surface area (Å²) in [5.41, 5.74) is 0.466. The zero-order chi connectivity index (χ0) is 45.0. The molecule has 6 saturated carbocycles. The zero-order valence-corrected chi connectivity index (χ0v) is 39.3. The van der Waals surface area contributed by atoms with E-state index in [1.165, 1.54) is 25.7 Å². The molecular weight excluding hydrogens is 896 g/mol. The Morgan fingerprint density at radius 2 is 0.922 bits per heavy atom. The number of carbonyl (C=O) groups excluding carboxylic acids is 2. The van der Waals surface area contributed by atoms with Gasteiger partial charge in [0.2, 0.25) is 11.8 Å². The molecular formula is C46H58Cl2N8O6S2. The Hall–Kier alpha value is -3.64. The van der Waals surface area contributed by atoms with Crippen molar-refractivity contribution in [3.63, 3.8) is 0 Å². The molecule has 0 unspecified atom stereocenters. The standard InChI is InChI=1S/2C23H29ClN4O3S/c2*24-20-14-18(28-11-9-27(10-12-28)17-2-3-17)4-6-21(20)32(30,31)19-5-1-16(13-19)22(29)26-23(15-25)7-8-23/h2*4,6,14,16-17,19H,1-3,5,7-13H2,(H,26,29)/t2*16-,19-/m10/s1. The van der Waals surface area contributed by atoms with E-state index in [1.807, 2.05) is 12.1 Å². The van der Waals surface area contributed by atoms with Crippen LogP contribution in [0.2, 0.25) is 10.0 Å². The predicted octanol–water partition coefficient (Wildman–Crippen LogP) is 5.48. The smallest absolute Gasteiger partial charge is 0.224 e. The first-order valence-electron chi connectivity index (χ1n) is 23.1.